The van der Waals surface area contributed by atoms with Gasteiger partial charge in [-0.15, -0.1) is 12.4 Å². The Morgan fingerprint density at radius 2 is 2.05 bits per heavy atom. The smallest absolute Gasteiger partial charge is 0.246 e. The highest BCUT2D eigenvalue weighted by molar-refractivity contribution is 7.99. The number of amides is 1. The van der Waals surface area contributed by atoms with Crippen LogP contribution in [0.4, 0.5) is 0 Å². The van der Waals surface area contributed by atoms with Crippen molar-refractivity contribution in [2.45, 2.75) is 24.9 Å². The van der Waals surface area contributed by atoms with Crippen LogP contribution in [0.25, 0.3) is 0 Å². The lowest BCUT2D eigenvalue weighted by atomic mass is 9.91. The molecule has 0 aromatic heterocycles. The average molecular weight is 301 g/mol. The number of nitrogens with two attached hydrogens (primary N) is 1. The Labute approximate surface area is 125 Å². The molecule has 1 aliphatic heterocycles. The summed E-state index contributed by atoms with van der Waals surface area (Å²) in [6.45, 7) is 1.79. The van der Waals surface area contributed by atoms with Gasteiger partial charge in [0.25, 0.3) is 0 Å². The van der Waals surface area contributed by atoms with Crippen LogP contribution < -0.4 is 5.73 Å². The highest BCUT2D eigenvalue weighted by Crippen LogP contribution is 2.26. The molecule has 5 heteroatoms. The van der Waals surface area contributed by atoms with Gasteiger partial charge in [0.05, 0.1) is 0 Å². The molecule has 1 saturated heterocycles. The van der Waals surface area contributed by atoms with Gasteiger partial charge in [-0.25, -0.2) is 0 Å². The quantitative estimate of drug-likeness (QED) is 0.931. The van der Waals surface area contributed by atoms with Crippen molar-refractivity contribution in [3.8, 4) is 0 Å². The zero-order valence-corrected chi connectivity index (χ0v) is 13.0. The Kier molecular flexibility index (Phi) is 5.71. The monoisotopic (exact) mass is 300 g/mol. The van der Waals surface area contributed by atoms with E-state index in [9.17, 15) is 4.79 Å². The molecule has 1 amide bonds. The molecule has 1 aromatic carbocycles. The number of rotatable bonds is 3. The maximum Gasteiger partial charge on any atom is 0.246 e. The van der Waals surface area contributed by atoms with E-state index in [2.05, 4.69) is 0 Å². The van der Waals surface area contributed by atoms with Crippen LogP contribution in [-0.4, -0.2) is 35.4 Å². The molecule has 2 N–H and O–H groups in total. The first-order valence-electron chi connectivity index (χ1n) is 6.23. The third-order valence-electron chi connectivity index (χ3n) is 3.59. The van der Waals surface area contributed by atoms with E-state index in [-0.39, 0.29) is 18.3 Å². The minimum Gasteiger partial charge on any atom is -0.340 e. The van der Waals surface area contributed by atoms with Crippen LogP contribution in [0.1, 0.15) is 18.9 Å². The van der Waals surface area contributed by atoms with Crippen LogP contribution in [0, 0.1) is 0 Å². The summed E-state index contributed by atoms with van der Waals surface area (Å²) in [5.74, 6) is 2.16. The van der Waals surface area contributed by atoms with Gasteiger partial charge in [0.1, 0.15) is 5.54 Å². The lowest BCUT2D eigenvalue weighted by Gasteiger charge is -2.33. The second-order valence-corrected chi connectivity index (χ2v) is 6.15. The number of thioether (sulfide) groups is 1. The van der Waals surface area contributed by atoms with Crippen LogP contribution in [-0.2, 0) is 10.3 Å². The van der Waals surface area contributed by atoms with Gasteiger partial charge in [0.2, 0.25) is 5.91 Å². The summed E-state index contributed by atoms with van der Waals surface area (Å²) in [6, 6.07) is 9.92. The van der Waals surface area contributed by atoms with Gasteiger partial charge in [0.15, 0.2) is 0 Å². The predicted molar refractivity (Wildman–Crippen MR) is 83.7 cm³/mol. The molecule has 19 heavy (non-hydrogen) atoms. The lowest BCUT2D eigenvalue weighted by molar-refractivity contribution is -0.137. The van der Waals surface area contributed by atoms with E-state index in [1.165, 1.54) is 0 Å². The third kappa shape index (κ3) is 3.44. The molecule has 0 bridgehead atoms. The molecule has 0 saturated carbocycles. The second-order valence-electron chi connectivity index (χ2n) is 5.00. The Bertz CT molecular complexity index is 419. The van der Waals surface area contributed by atoms with E-state index < -0.39 is 5.54 Å². The minimum absolute atomic E-state index is 0. The number of hydrogen-bond acceptors (Lipinski definition) is 3. The first-order valence-corrected chi connectivity index (χ1v) is 7.38. The van der Waals surface area contributed by atoms with Gasteiger partial charge in [-0.1, -0.05) is 30.3 Å². The van der Waals surface area contributed by atoms with Gasteiger partial charge >= 0.3 is 0 Å². The average Bonchev–Trinajstić information content (AvgIpc) is 2.92. The zero-order chi connectivity index (χ0) is 13.2. The standard InChI is InChI=1S/C14H20N2OS.ClH/c1-14(15,11-6-4-3-5-7-11)13(17)16(2)12-8-9-18-10-12;/h3-7,12H,8-10,15H2,1-2H3;1H. The van der Waals surface area contributed by atoms with Crippen LogP contribution in [0.3, 0.4) is 0 Å². The van der Waals surface area contributed by atoms with Crippen molar-refractivity contribution in [2.24, 2.45) is 5.73 Å². The highest BCUT2D eigenvalue weighted by Gasteiger charge is 2.36. The number of likely N-dealkylation sites (N-methyl/N-ethyl adjacent to an activating group) is 1. The number of carbonyl (C=O) groups excluding carboxylic acids is 1. The van der Waals surface area contributed by atoms with Crippen molar-refractivity contribution in [3.63, 3.8) is 0 Å². The van der Waals surface area contributed by atoms with Crippen LogP contribution in [0.5, 0.6) is 0 Å². The molecule has 0 radical (unpaired) electrons. The molecule has 0 spiro atoms. The SMILES string of the molecule is CN(C(=O)C(C)(N)c1ccccc1)C1CCSC1.Cl. The third-order valence-corrected chi connectivity index (χ3v) is 4.74. The molecule has 2 rings (SSSR count). The predicted octanol–water partition coefficient (Wildman–Crippen LogP) is 2.25. The van der Waals surface area contributed by atoms with E-state index in [1.54, 1.807) is 6.92 Å². The summed E-state index contributed by atoms with van der Waals surface area (Å²) < 4.78 is 0. The molecule has 0 aliphatic carbocycles. The summed E-state index contributed by atoms with van der Waals surface area (Å²) >= 11 is 1.90. The lowest BCUT2D eigenvalue weighted by Crippen LogP contribution is -2.52. The first kappa shape index (κ1) is 16.3. The van der Waals surface area contributed by atoms with E-state index in [4.69, 9.17) is 5.73 Å². The maximum atomic E-state index is 12.5. The summed E-state index contributed by atoms with van der Waals surface area (Å²) in [4.78, 5) is 14.4. The maximum absolute atomic E-state index is 12.5. The van der Waals surface area contributed by atoms with Crippen LogP contribution >= 0.6 is 24.2 Å². The number of hydrogen-bond donors (Lipinski definition) is 1. The topological polar surface area (TPSA) is 46.3 Å². The van der Waals surface area contributed by atoms with Gasteiger partial charge in [-0.05, 0) is 24.7 Å². The fourth-order valence-electron chi connectivity index (χ4n) is 2.27. The first-order chi connectivity index (χ1) is 8.53. The Balaban J connectivity index is 0.00000180. The number of nitrogens with zero attached hydrogens (tertiary/aromatic N) is 1. The van der Waals surface area contributed by atoms with Crippen molar-refractivity contribution >= 4 is 30.1 Å². The Morgan fingerprint density at radius 3 is 2.58 bits per heavy atom. The molecule has 106 valence electrons. The van der Waals surface area contributed by atoms with E-state index in [0.29, 0.717) is 6.04 Å². The van der Waals surface area contributed by atoms with Crippen molar-refractivity contribution in [1.82, 2.24) is 4.90 Å². The van der Waals surface area contributed by atoms with E-state index in [0.717, 1.165) is 23.5 Å². The Morgan fingerprint density at radius 1 is 1.42 bits per heavy atom. The summed E-state index contributed by atoms with van der Waals surface area (Å²) in [6.07, 6.45) is 1.07. The molecule has 1 heterocycles. The Hall–Kier alpha value is -0.710. The molecule has 3 nitrogen and oxygen atoms in total. The molecular formula is C14H21ClN2OS. The van der Waals surface area contributed by atoms with Gasteiger partial charge < -0.3 is 10.6 Å². The molecule has 1 fully saturated rings. The molecular weight excluding hydrogens is 280 g/mol. The van der Waals surface area contributed by atoms with Crippen molar-refractivity contribution in [2.75, 3.05) is 18.6 Å². The summed E-state index contributed by atoms with van der Waals surface area (Å²) in [5.41, 5.74) is 6.18. The summed E-state index contributed by atoms with van der Waals surface area (Å²) in [7, 11) is 1.87. The molecule has 2 atom stereocenters. The zero-order valence-electron chi connectivity index (χ0n) is 11.3. The van der Waals surface area contributed by atoms with Crippen LogP contribution in [0.15, 0.2) is 30.3 Å². The number of carbonyl (C=O) groups is 1. The number of halogens is 1. The van der Waals surface area contributed by atoms with Crippen LogP contribution in [0.2, 0.25) is 0 Å². The van der Waals surface area contributed by atoms with Crippen molar-refractivity contribution in [1.29, 1.82) is 0 Å². The van der Waals surface area contributed by atoms with E-state index >= 15 is 0 Å². The highest BCUT2D eigenvalue weighted by atomic mass is 35.5. The fourth-order valence-corrected chi connectivity index (χ4v) is 3.54. The second kappa shape index (κ2) is 6.64. The van der Waals surface area contributed by atoms with Gasteiger partial charge in [0, 0.05) is 18.8 Å². The minimum atomic E-state index is -0.941. The normalized spacial score (nSPS) is 21.3. The van der Waals surface area contributed by atoms with Crippen molar-refractivity contribution in [3.05, 3.63) is 35.9 Å². The molecule has 2 unspecified atom stereocenters. The van der Waals surface area contributed by atoms with E-state index in [1.807, 2.05) is 54.0 Å². The van der Waals surface area contributed by atoms with Gasteiger partial charge in [-0.3, -0.25) is 4.79 Å². The van der Waals surface area contributed by atoms with Gasteiger partial charge in [-0.2, -0.15) is 11.8 Å². The largest absolute Gasteiger partial charge is 0.340 e. The molecule has 1 aromatic rings. The summed E-state index contributed by atoms with van der Waals surface area (Å²) in [5, 5.41) is 0. The fraction of sp³-hybridized carbons (Fsp3) is 0.500. The molecule has 1 aliphatic rings. The number of benzene rings is 1. The van der Waals surface area contributed by atoms with Crippen molar-refractivity contribution < 1.29 is 4.79 Å².